The molecule has 8 heteroatoms. The van der Waals surface area contributed by atoms with E-state index >= 15 is 0 Å². The van der Waals surface area contributed by atoms with E-state index < -0.39 is 4.92 Å². The number of rotatable bonds is 7. The second-order valence-electron chi connectivity index (χ2n) is 6.32. The molecule has 0 aromatic heterocycles. The first kappa shape index (κ1) is 17.5. The van der Waals surface area contributed by atoms with Gasteiger partial charge < -0.3 is 20.1 Å². The molecule has 0 aliphatic carbocycles. The van der Waals surface area contributed by atoms with Crippen LogP contribution in [0.4, 0.5) is 17.1 Å². The van der Waals surface area contributed by atoms with E-state index in [9.17, 15) is 15.4 Å². The molecule has 2 saturated heterocycles. The lowest BCUT2D eigenvalue weighted by molar-refractivity contribution is -0.384. The first-order valence-electron chi connectivity index (χ1n) is 8.61. The molecule has 1 aromatic rings. The van der Waals surface area contributed by atoms with Gasteiger partial charge in [-0.25, -0.2) is 0 Å². The minimum Gasteiger partial charge on any atom is -0.382 e. The van der Waals surface area contributed by atoms with E-state index in [0.717, 1.165) is 38.9 Å². The third kappa shape index (κ3) is 4.38. The normalized spacial score (nSPS) is 22.5. The van der Waals surface area contributed by atoms with Gasteiger partial charge in [0.15, 0.2) is 0 Å². The molecule has 8 nitrogen and oxygen atoms in total. The van der Waals surface area contributed by atoms with Gasteiger partial charge in [0.1, 0.15) is 17.3 Å². The highest BCUT2D eigenvalue weighted by molar-refractivity contribution is 5.74. The van der Waals surface area contributed by atoms with Crippen molar-refractivity contribution < 1.29 is 14.4 Å². The third-order valence-electron chi connectivity index (χ3n) is 4.51. The molecule has 0 unspecified atom stereocenters. The zero-order chi connectivity index (χ0) is 17.6. The fourth-order valence-corrected chi connectivity index (χ4v) is 3.22. The lowest BCUT2D eigenvalue weighted by Crippen LogP contribution is -2.20. The predicted molar refractivity (Wildman–Crippen MR) is 92.7 cm³/mol. The zero-order valence-corrected chi connectivity index (χ0v) is 14.0. The van der Waals surface area contributed by atoms with E-state index in [1.807, 2.05) is 6.07 Å². The first-order chi connectivity index (χ1) is 12.2. The van der Waals surface area contributed by atoms with E-state index in [0.29, 0.717) is 24.5 Å². The van der Waals surface area contributed by atoms with Gasteiger partial charge in [0.25, 0.3) is 0 Å². The predicted octanol–water partition coefficient (Wildman–Crippen LogP) is 2.65. The van der Waals surface area contributed by atoms with Crippen molar-refractivity contribution in [2.75, 3.05) is 36.9 Å². The van der Waals surface area contributed by atoms with Crippen LogP contribution in [0.5, 0.6) is 0 Å². The number of benzene rings is 1. The van der Waals surface area contributed by atoms with Crippen molar-refractivity contribution in [3.63, 3.8) is 0 Å². The molecule has 134 valence electrons. The maximum Gasteiger partial charge on any atom is 0.310 e. The minimum atomic E-state index is -0.514. The lowest BCUT2D eigenvalue weighted by atomic mass is 10.1. The largest absolute Gasteiger partial charge is 0.382 e. The Morgan fingerprint density at radius 2 is 1.80 bits per heavy atom. The maximum absolute atomic E-state index is 11.4. The van der Waals surface area contributed by atoms with Crippen LogP contribution in [0.15, 0.2) is 12.1 Å². The van der Waals surface area contributed by atoms with Crippen LogP contribution < -0.4 is 10.6 Å². The summed E-state index contributed by atoms with van der Waals surface area (Å²) in [6.07, 6.45) is 4.17. The summed E-state index contributed by atoms with van der Waals surface area (Å²) in [5, 5.41) is 27.1. The highest BCUT2D eigenvalue weighted by Crippen LogP contribution is 2.32. The molecule has 2 N–H and O–H groups in total. The van der Waals surface area contributed by atoms with Gasteiger partial charge in [-0.05, 0) is 37.8 Å². The van der Waals surface area contributed by atoms with Crippen molar-refractivity contribution in [2.24, 2.45) is 0 Å². The van der Waals surface area contributed by atoms with Gasteiger partial charge in [-0.2, -0.15) is 5.26 Å². The fourth-order valence-electron chi connectivity index (χ4n) is 3.22. The number of hydrogen-bond acceptors (Lipinski definition) is 7. The van der Waals surface area contributed by atoms with Crippen LogP contribution in [0.2, 0.25) is 0 Å². The van der Waals surface area contributed by atoms with E-state index in [4.69, 9.17) is 9.47 Å². The monoisotopic (exact) mass is 346 g/mol. The molecule has 2 aliphatic heterocycles. The highest BCUT2D eigenvalue weighted by Gasteiger charge is 2.24. The van der Waals surface area contributed by atoms with Crippen molar-refractivity contribution >= 4 is 17.1 Å². The number of nitro benzene ring substituents is 1. The van der Waals surface area contributed by atoms with Crippen LogP contribution in [0, 0.1) is 21.4 Å². The molecule has 2 fully saturated rings. The van der Waals surface area contributed by atoms with Crippen molar-refractivity contribution in [2.45, 2.75) is 37.9 Å². The first-order valence-corrected chi connectivity index (χ1v) is 8.61. The fraction of sp³-hybridized carbons (Fsp3) is 0.588. The Balaban J connectivity index is 1.77. The Labute approximate surface area is 146 Å². The van der Waals surface area contributed by atoms with E-state index in [2.05, 4.69) is 10.6 Å². The van der Waals surface area contributed by atoms with Crippen molar-refractivity contribution in [3.8, 4) is 6.07 Å². The van der Waals surface area contributed by atoms with Crippen LogP contribution in [0.3, 0.4) is 0 Å². The number of ether oxygens (including phenoxy) is 2. The standard InChI is InChI=1S/C17H22N4O4/c18-9-12-7-13(19-10-14-3-1-5-24-14)8-16(17(12)21(22)23)20-11-15-4-2-6-25-15/h7-8,14-15,19-20H,1-6,10-11H2/t14-,15-/m0/s1. The molecule has 3 rings (SSSR count). The van der Waals surface area contributed by atoms with Gasteiger partial charge in [-0.1, -0.05) is 0 Å². The number of anilines is 2. The summed E-state index contributed by atoms with van der Waals surface area (Å²) >= 11 is 0. The highest BCUT2D eigenvalue weighted by atomic mass is 16.6. The average molecular weight is 346 g/mol. The van der Waals surface area contributed by atoms with Crippen molar-refractivity contribution in [1.29, 1.82) is 5.26 Å². The summed E-state index contributed by atoms with van der Waals surface area (Å²) in [4.78, 5) is 10.9. The molecular formula is C17H22N4O4. The molecule has 0 spiro atoms. The Morgan fingerprint density at radius 3 is 2.32 bits per heavy atom. The van der Waals surface area contributed by atoms with Gasteiger partial charge in [0.2, 0.25) is 0 Å². The second kappa shape index (κ2) is 8.14. The third-order valence-corrected chi connectivity index (χ3v) is 4.51. The molecule has 2 aliphatic rings. The molecule has 0 saturated carbocycles. The van der Waals surface area contributed by atoms with Crippen LogP contribution in [-0.4, -0.2) is 43.4 Å². The van der Waals surface area contributed by atoms with Crippen LogP contribution >= 0.6 is 0 Å². The summed E-state index contributed by atoms with van der Waals surface area (Å²) < 4.78 is 11.1. The molecule has 2 heterocycles. The number of nitriles is 1. The number of nitro groups is 1. The van der Waals surface area contributed by atoms with Crippen LogP contribution in [0.25, 0.3) is 0 Å². The quantitative estimate of drug-likeness (QED) is 0.577. The Bertz CT molecular complexity index is 661. The molecular weight excluding hydrogens is 324 g/mol. The Hall–Kier alpha value is -2.37. The van der Waals surface area contributed by atoms with Gasteiger partial charge in [-0.15, -0.1) is 0 Å². The van der Waals surface area contributed by atoms with E-state index in [1.54, 1.807) is 6.07 Å². The smallest absolute Gasteiger partial charge is 0.310 e. The number of nitrogens with zero attached hydrogens (tertiary/aromatic N) is 2. The molecule has 0 bridgehead atoms. The molecule has 1 aromatic carbocycles. The maximum atomic E-state index is 11.4. The topological polar surface area (TPSA) is 109 Å². The van der Waals surface area contributed by atoms with E-state index in [1.165, 1.54) is 6.07 Å². The van der Waals surface area contributed by atoms with Crippen molar-refractivity contribution in [3.05, 3.63) is 27.8 Å². The number of hydrogen-bond donors (Lipinski definition) is 2. The summed E-state index contributed by atoms with van der Waals surface area (Å²) in [5.41, 5.74) is 0.863. The lowest BCUT2D eigenvalue weighted by Gasteiger charge is -2.16. The SMILES string of the molecule is N#Cc1cc(NC[C@@H]2CCCO2)cc(NC[C@@H]2CCCO2)c1[N+](=O)[O-]. The van der Waals surface area contributed by atoms with Gasteiger partial charge in [0, 0.05) is 32.0 Å². The Kier molecular flexibility index (Phi) is 5.68. The van der Waals surface area contributed by atoms with E-state index in [-0.39, 0.29) is 23.5 Å². The van der Waals surface area contributed by atoms with Crippen molar-refractivity contribution in [1.82, 2.24) is 0 Å². The average Bonchev–Trinajstić information content (AvgIpc) is 3.30. The molecule has 2 atom stereocenters. The van der Waals surface area contributed by atoms with Crippen LogP contribution in [-0.2, 0) is 9.47 Å². The summed E-state index contributed by atoms with van der Waals surface area (Å²) in [6, 6.07) is 5.13. The summed E-state index contributed by atoms with van der Waals surface area (Å²) in [5.74, 6) is 0. The van der Waals surface area contributed by atoms with Gasteiger partial charge in [0.05, 0.1) is 17.1 Å². The van der Waals surface area contributed by atoms with Gasteiger partial charge in [-0.3, -0.25) is 10.1 Å². The molecule has 0 amide bonds. The van der Waals surface area contributed by atoms with Gasteiger partial charge >= 0.3 is 5.69 Å². The zero-order valence-electron chi connectivity index (χ0n) is 14.0. The van der Waals surface area contributed by atoms with Crippen LogP contribution in [0.1, 0.15) is 31.2 Å². The summed E-state index contributed by atoms with van der Waals surface area (Å²) in [7, 11) is 0. The Morgan fingerprint density at radius 1 is 1.16 bits per heavy atom. The molecule has 25 heavy (non-hydrogen) atoms. The second-order valence-corrected chi connectivity index (χ2v) is 6.32. The minimum absolute atomic E-state index is 0.0391. The number of nitrogens with one attached hydrogen (secondary N) is 2. The molecule has 0 radical (unpaired) electrons. The summed E-state index contributed by atoms with van der Waals surface area (Å²) in [6.45, 7) is 2.60.